The quantitative estimate of drug-likeness (QED) is 0.639. The Labute approximate surface area is 71.1 Å². The van der Waals surface area contributed by atoms with Crippen molar-refractivity contribution >= 4 is 6.08 Å². The van der Waals surface area contributed by atoms with Crippen LogP contribution < -0.4 is 0 Å². The summed E-state index contributed by atoms with van der Waals surface area (Å²) in [6.07, 6.45) is 7.02. The minimum absolute atomic E-state index is 0.266. The molecule has 0 bridgehead atoms. The number of pyridine rings is 1. The fourth-order valence-electron chi connectivity index (χ4n) is 0.760. The molecule has 0 saturated heterocycles. The molecule has 3 nitrogen and oxygen atoms in total. The Morgan fingerprint density at radius 1 is 1.50 bits per heavy atom. The zero-order valence-electron chi connectivity index (χ0n) is 6.84. The molecule has 1 heterocycles. The van der Waals surface area contributed by atoms with Gasteiger partial charge in [-0.05, 0) is 24.6 Å². The van der Waals surface area contributed by atoms with Crippen LogP contribution in [0.5, 0.6) is 0 Å². The highest BCUT2D eigenvalue weighted by molar-refractivity contribution is 5.48. The maximum absolute atomic E-state index is 10.0. The molecule has 0 aliphatic carbocycles. The Hall–Kier alpha value is -1.51. The summed E-state index contributed by atoms with van der Waals surface area (Å²) < 4.78 is 0. The standard InChI is InChI=1S/C9H10N2O/c1-8(11-12)2-3-9-4-6-10-7-5-9/h2-8H,1H3. The fourth-order valence-corrected chi connectivity index (χ4v) is 0.760. The van der Waals surface area contributed by atoms with E-state index in [1.807, 2.05) is 18.2 Å². The number of aromatic nitrogens is 1. The lowest BCUT2D eigenvalue weighted by molar-refractivity contribution is 0.920. The molecule has 0 saturated carbocycles. The Kier molecular flexibility index (Phi) is 3.14. The van der Waals surface area contributed by atoms with E-state index < -0.39 is 0 Å². The lowest BCUT2D eigenvalue weighted by Crippen LogP contribution is -1.87. The lowest BCUT2D eigenvalue weighted by Gasteiger charge is -1.92. The van der Waals surface area contributed by atoms with E-state index in [-0.39, 0.29) is 6.04 Å². The highest BCUT2D eigenvalue weighted by Gasteiger charge is 1.91. The summed E-state index contributed by atoms with van der Waals surface area (Å²) in [6, 6.07) is 3.47. The normalized spacial score (nSPS) is 13.1. The first kappa shape index (κ1) is 8.59. The SMILES string of the molecule is CC(C=Cc1ccncc1)N=O. The zero-order valence-corrected chi connectivity index (χ0v) is 6.84. The van der Waals surface area contributed by atoms with E-state index in [0.29, 0.717) is 0 Å². The molecule has 1 atom stereocenters. The van der Waals surface area contributed by atoms with E-state index >= 15 is 0 Å². The average molecular weight is 162 g/mol. The maximum atomic E-state index is 10.0. The second-order valence-electron chi connectivity index (χ2n) is 2.49. The van der Waals surface area contributed by atoms with Gasteiger partial charge in [0.25, 0.3) is 0 Å². The molecular formula is C9H10N2O. The first-order chi connectivity index (χ1) is 5.83. The number of rotatable bonds is 3. The van der Waals surface area contributed by atoms with Gasteiger partial charge in [0.2, 0.25) is 0 Å². The Morgan fingerprint density at radius 2 is 2.17 bits per heavy atom. The van der Waals surface area contributed by atoms with Crippen LogP contribution in [-0.2, 0) is 0 Å². The van der Waals surface area contributed by atoms with Crippen LogP contribution in [0.25, 0.3) is 6.08 Å². The van der Waals surface area contributed by atoms with Crippen molar-refractivity contribution in [3.8, 4) is 0 Å². The smallest absolute Gasteiger partial charge is 0.107 e. The summed E-state index contributed by atoms with van der Waals surface area (Å²) in [5.41, 5.74) is 1.03. The van der Waals surface area contributed by atoms with E-state index in [4.69, 9.17) is 0 Å². The molecule has 3 heteroatoms. The van der Waals surface area contributed by atoms with Crippen molar-refractivity contribution in [3.05, 3.63) is 41.1 Å². The molecular weight excluding hydrogens is 152 g/mol. The molecule has 0 radical (unpaired) electrons. The molecule has 0 aromatic carbocycles. The summed E-state index contributed by atoms with van der Waals surface area (Å²) in [6.45, 7) is 1.74. The first-order valence-corrected chi connectivity index (χ1v) is 3.73. The molecule has 1 unspecified atom stereocenters. The van der Waals surface area contributed by atoms with E-state index in [9.17, 15) is 4.91 Å². The predicted molar refractivity (Wildman–Crippen MR) is 48.5 cm³/mol. The molecule has 0 N–H and O–H groups in total. The van der Waals surface area contributed by atoms with E-state index in [0.717, 1.165) is 5.56 Å². The monoisotopic (exact) mass is 162 g/mol. The van der Waals surface area contributed by atoms with Gasteiger partial charge in [-0.3, -0.25) is 4.98 Å². The van der Waals surface area contributed by atoms with Crippen LogP contribution >= 0.6 is 0 Å². The van der Waals surface area contributed by atoms with Gasteiger partial charge in [-0.25, -0.2) is 0 Å². The second-order valence-corrected chi connectivity index (χ2v) is 2.49. The average Bonchev–Trinajstić information content (AvgIpc) is 2.16. The van der Waals surface area contributed by atoms with Crippen molar-refractivity contribution in [2.75, 3.05) is 0 Å². The Bertz CT molecular complexity index is 269. The molecule has 1 rings (SSSR count). The van der Waals surface area contributed by atoms with Crippen LogP contribution in [0.1, 0.15) is 12.5 Å². The van der Waals surface area contributed by atoms with Crippen molar-refractivity contribution in [2.24, 2.45) is 5.18 Å². The van der Waals surface area contributed by atoms with Crippen molar-refractivity contribution in [1.29, 1.82) is 0 Å². The molecule has 0 aliphatic rings. The van der Waals surface area contributed by atoms with Crippen LogP contribution in [0, 0.1) is 4.91 Å². The third kappa shape index (κ3) is 2.62. The third-order valence-electron chi connectivity index (χ3n) is 1.44. The van der Waals surface area contributed by atoms with Gasteiger partial charge in [0.05, 0.1) is 0 Å². The van der Waals surface area contributed by atoms with Gasteiger partial charge in [0, 0.05) is 12.4 Å². The van der Waals surface area contributed by atoms with E-state index in [1.165, 1.54) is 0 Å². The lowest BCUT2D eigenvalue weighted by atomic mass is 10.2. The second kappa shape index (κ2) is 4.38. The topological polar surface area (TPSA) is 42.3 Å². The summed E-state index contributed by atoms with van der Waals surface area (Å²) >= 11 is 0. The summed E-state index contributed by atoms with van der Waals surface area (Å²) in [5, 5.41) is 2.85. The minimum atomic E-state index is -0.266. The molecule has 1 aromatic heterocycles. The Balaban J connectivity index is 2.63. The van der Waals surface area contributed by atoms with Crippen molar-refractivity contribution < 1.29 is 0 Å². The number of nitrogens with zero attached hydrogens (tertiary/aromatic N) is 2. The van der Waals surface area contributed by atoms with Crippen molar-refractivity contribution in [1.82, 2.24) is 4.98 Å². The summed E-state index contributed by atoms with van der Waals surface area (Å²) in [5.74, 6) is 0. The largest absolute Gasteiger partial charge is 0.265 e. The Morgan fingerprint density at radius 3 is 2.75 bits per heavy atom. The van der Waals surface area contributed by atoms with E-state index in [2.05, 4.69) is 10.2 Å². The van der Waals surface area contributed by atoms with Crippen LogP contribution in [0.4, 0.5) is 0 Å². The van der Waals surface area contributed by atoms with Crippen LogP contribution in [0.2, 0.25) is 0 Å². The molecule has 0 aliphatic heterocycles. The molecule has 0 fully saturated rings. The van der Waals surface area contributed by atoms with Gasteiger partial charge in [0.15, 0.2) is 0 Å². The highest BCUT2D eigenvalue weighted by atomic mass is 16.3. The maximum Gasteiger partial charge on any atom is 0.107 e. The number of hydrogen-bond acceptors (Lipinski definition) is 3. The van der Waals surface area contributed by atoms with Gasteiger partial charge in [0.1, 0.15) is 6.04 Å². The van der Waals surface area contributed by atoms with E-state index in [1.54, 1.807) is 25.4 Å². The van der Waals surface area contributed by atoms with Gasteiger partial charge in [-0.2, -0.15) is 4.91 Å². The van der Waals surface area contributed by atoms with Crippen LogP contribution in [0.3, 0.4) is 0 Å². The number of hydrogen-bond donors (Lipinski definition) is 0. The first-order valence-electron chi connectivity index (χ1n) is 3.73. The van der Waals surface area contributed by atoms with Gasteiger partial charge >= 0.3 is 0 Å². The fraction of sp³-hybridized carbons (Fsp3) is 0.222. The van der Waals surface area contributed by atoms with Crippen molar-refractivity contribution in [3.63, 3.8) is 0 Å². The number of nitroso groups, excluding NO2 is 1. The predicted octanol–water partition coefficient (Wildman–Crippen LogP) is 2.25. The molecule has 0 amide bonds. The highest BCUT2D eigenvalue weighted by Crippen LogP contribution is 2.01. The van der Waals surface area contributed by atoms with Crippen LogP contribution in [-0.4, -0.2) is 11.0 Å². The van der Waals surface area contributed by atoms with Crippen molar-refractivity contribution in [2.45, 2.75) is 13.0 Å². The van der Waals surface area contributed by atoms with Gasteiger partial charge < -0.3 is 0 Å². The van der Waals surface area contributed by atoms with Crippen LogP contribution in [0.15, 0.2) is 35.8 Å². The summed E-state index contributed by atoms with van der Waals surface area (Å²) in [7, 11) is 0. The zero-order chi connectivity index (χ0) is 8.81. The van der Waals surface area contributed by atoms with Gasteiger partial charge in [-0.15, -0.1) is 0 Å². The molecule has 1 aromatic rings. The molecule has 62 valence electrons. The summed E-state index contributed by atoms with van der Waals surface area (Å²) in [4.78, 5) is 13.9. The third-order valence-corrected chi connectivity index (χ3v) is 1.44. The molecule has 0 spiro atoms. The minimum Gasteiger partial charge on any atom is -0.265 e. The molecule has 12 heavy (non-hydrogen) atoms. The van der Waals surface area contributed by atoms with Gasteiger partial charge in [-0.1, -0.05) is 17.3 Å².